The molecule has 0 aliphatic heterocycles. The lowest BCUT2D eigenvalue weighted by Crippen LogP contribution is -2.41. The van der Waals surface area contributed by atoms with Crippen LogP contribution in [0.4, 0.5) is 0 Å². The first-order chi connectivity index (χ1) is 8.74. The zero-order chi connectivity index (χ0) is 14.3. The maximum atomic E-state index is 12.0. The number of primary sulfonamides is 1. The van der Waals surface area contributed by atoms with Gasteiger partial charge in [0.1, 0.15) is 0 Å². The van der Waals surface area contributed by atoms with Crippen molar-refractivity contribution in [3.05, 3.63) is 47.2 Å². The molecule has 0 radical (unpaired) electrons. The fraction of sp³-hybridized carbons (Fsp3) is 0.333. The van der Waals surface area contributed by atoms with Gasteiger partial charge in [0, 0.05) is 17.1 Å². The standard InChI is InChI=1S/C12H16N4O2S/c1-8-7-9(2)16-11(15-8)12(19(14,17)18)5-3-10(13)4-6-12/h3-5,7H,6,13H2,1-2H3,(H2,14,17,18). The average Bonchev–Trinajstić information content (AvgIpc) is 2.27. The highest BCUT2D eigenvalue weighted by molar-refractivity contribution is 7.90. The summed E-state index contributed by atoms with van der Waals surface area (Å²) in [6.45, 7) is 3.57. The van der Waals surface area contributed by atoms with E-state index in [-0.39, 0.29) is 12.2 Å². The van der Waals surface area contributed by atoms with Crippen LogP contribution in [0.1, 0.15) is 23.6 Å². The monoisotopic (exact) mass is 280 g/mol. The van der Waals surface area contributed by atoms with E-state index < -0.39 is 14.8 Å². The van der Waals surface area contributed by atoms with Crippen LogP contribution in [0.5, 0.6) is 0 Å². The maximum absolute atomic E-state index is 12.0. The van der Waals surface area contributed by atoms with Gasteiger partial charge in [-0.1, -0.05) is 12.2 Å². The van der Waals surface area contributed by atoms with Crippen LogP contribution in [0.3, 0.4) is 0 Å². The number of nitrogens with zero attached hydrogens (tertiary/aromatic N) is 2. The van der Waals surface area contributed by atoms with Crippen LogP contribution in [0, 0.1) is 13.8 Å². The van der Waals surface area contributed by atoms with E-state index in [1.54, 1.807) is 26.0 Å². The van der Waals surface area contributed by atoms with Crippen molar-refractivity contribution in [1.29, 1.82) is 0 Å². The smallest absolute Gasteiger partial charge is 0.226 e. The van der Waals surface area contributed by atoms with E-state index in [0.717, 1.165) is 0 Å². The van der Waals surface area contributed by atoms with Crippen molar-refractivity contribution in [2.45, 2.75) is 25.0 Å². The van der Waals surface area contributed by atoms with Gasteiger partial charge in [0.2, 0.25) is 10.0 Å². The second kappa shape index (κ2) is 4.43. The Morgan fingerprint density at radius 1 is 1.26 bits per heavy atom. The molecular formula is C12H16N4O2S. The van der Waals surface area contributed by atoms with Gasteiger partial charge in [0.15, 0.2) is 10.6 Å². The molecule has 0 bridgehead atoms. The summed E-state index contributed by atoms with van der Waals surface area (Å²) in [6, 6.07) is 1.77. The van der Waals surface area contributed by atoms with Crippen molar-refractivity contribution in [3.8, 4) is 0 Å². The van der Waals surface area contributed by atoms with Crippen LogP contribution in [0.2, 0.25) is 0 Å². The fourth-order valence-electron chi connectivity index (χ4n) is 2.06. The number of nitrogens with two attached hydrogens (primary N) is 2. The predicted molar refractivity (Wildman–Crippen MR) is 72.3 cm³/mol. The quantitative estimate of drug-likeness (QED) is 0.813. The van der Waals surface area contributed by atoms with Crippen molar-refractivity contribution >= 4 is 10.0 Å². The highest BCUT2D eigenvalue weighted by Crippen LogP contribution is 2.35. The fourth-order valence-corrected chi connectivity index (χ4v) is 2.97. The second-order valence-corrected chi connectivity index (χ2v) is 6.47. The van der Waals surface area contributed by atoms with Crippen LogP contribution < -0.4 is 10.9 Å². The number of hydrogen-bond donors (Lipinski definition) is 2. The van der Waals surface area contributed by atoms with Crippen molar-refractivity contribution in [1.82, 2.24) is 9.97 Å². The minimum absolute atomic E-state index is 0.136. The average molecular weight is 280 g/mol. The molecule has 4 N–H and O–H groups in total. The summed E-state index contributed by atoms with van der Waals surface area (Å²) in [7, 11) is -3.91. The second-order valence-electron chi connectivity index (χ2n) is 4.65. The zero-order valence-corrected chi connectivity index (χ0v) is 11.6. The molecule has 1 heterocycles. The molecule has 0 amide bonds. The van der Waals surface area contributed by atoms with Crippen LogP contribution in [0.25, 0.3) is 0 Å². The molecule has 19 heavy (non-hydrogen) atoms. The van der Waals surface area contributed by atoms with Gasteiger partial charge in [0.25, 0.3) is 0 Å². The highest BCUT2D eigenvalue weighted by atomic mass is 32.2. The summed E-state index contributed by atoms with van der Waals surface area (Å²) in [6.07, 6.45) is 4.74. The molecule has 7 heteroatoms. The maximum Gasteiger partial charge on any atom is 0.226 e. The molecule has 1 unspecified atom stereocenters. The Labute approximate surface area is 112 Å². The molecule has 6 nitrogen and oxygen atoms in total. The SMILES string of the molecule is Cc1cc(C)nc(C2(S(N)(=O)=O)C=CC(N)=CC2)n1. The van der Waals surface area contributed by atoms with E-state index in [1.807, 2.05) is 0 Å². The van der Waals surface area contributed by atoms with E-state index in [1.165, 1.54) is 12.2 Å². The number of hydrogen-bond acceptors (Lipinski definition) is 5. The minimum Gasteiger partial charge on any atom is -0.399 e. The van der Waals surface area contributed by atoms with Gasteiger partial charge >= 0.3 is 0 Å². The molecule has 1 aromatic heterocycles. The number of allylic oxidation sites excluding steroid dienone is 2. The van der Waals surface area contributed by atoms with Crippen molar-refractivity contribution in [2.75, 3.05) is 0 Å². The van der Waals surface area contributed by atoms with Crippen LogP contribution in [-0.4, -0.2) is 18.4 Å². The minimum atomic E-state index is -3.91. The third-order valence-electron chi connectivity index (χ3n) is 3.05. The van der Waals surface area contributed by atoms with E-state index >= 15 is 0 Å². The Bertz CT molecular complexity index is 659. The molecule has 0 aromatic carbocycles. The number of sulfonamides is 1. The van der Waals surface area contributed by atoms with Crippen LogP contribution in [0.15, 0.2) is 30.0 Å². The molecule has 1 aliphatic rings. The Balaban J connectivity index is 2.67. The number of rotatable bonds is 2. The topological polar surface area (TPSA) is 112 Å². The third-order valence-corrected chi connectivity index (χ3v) is 4.56. The molecule has 2 rings (SSSR count). The van der Waals surface area contributed by atoms with Gasteiger partial charge < -0.3 is 5.73 Å². The van der Waals surface area contributed by atoms with Gasteiger partial charge in [0.05, 0.1) is 0 Å². The summed E-state index contributed by atoms with van der Waals surface area (Å²) in [4.78, 5) is 8.46. The lowest BCUT2D eigenvalue weighted by Gasteiger charge is -2.28. The molecule has 0 saturated carbocycles. The van der Waals surface area contributed by atoms with Crippen molar-refractivity contribution in [3.63, 3.8) is 0 Å². The molecule has 1 aromatic rings. The van der Waals surface area contributed by atoms with E-state index in [2.05, 4.69) is 9.97 Å². The zero-order valence-electron chi connectivity index (χ0n) is 10.8. The van der Waals surface area contributed by atoms with Gasteiger partial charge in [-0.15, -0.1) is 0 Å². The lowest BCUT2D eigenvalue weighted by atomic mass is 9.97. The van der Waals surface area contributed by atoms with Gasteiger partial charge in [-0.3, -0.25) is 0 Å². The first kappa shape index (κ1) is 13.7. The molecule has 1 aliphatic carbocycles. The summed E-state index contributed by atoms with van der Waals surface area (Å²) >= 11 is 0. The van der Waals surface area contributed by atoms with E-state index in [9.17, 15) is 8.42 Å². The summed E-state index contributed by atoms with van der Waals surface area (Å²) < 4.78 is 22.6. The Hall–Kier alpha value is -1.73. The van der Waals surface area contributed by atoms with Crippen LogP contribution in [-0.2, 0) is 14.8 Å². The number of aromatic nitrogens is 2. The van der Waals surface area contributed by atoms with Gasteiger partial charge in [-0.25, -0.2) is 23.5 Å². The van der Waals surface area contributed by atoms with Gasteiger partial charge in [-0.2, -0.15) is 0 Å². The predicted octanol–water partition coefficient (Wildman–Crippen LogP) is 0.380. The molecule has 102 valence electrons. The molecule has 0 spiro atoms. The van der Waals surface area contributed by atoms with E-state index in [4.69, 9.17) is 10.9 Å². The molecule has 0 saturated heterocycles. The lowest BCUT2D eigenvalue weighted by molar-refractivity contribution is 0.546. The Morgan fingerprint density at radius 3 is 2.26 bits per heavy atom. The summed E-state index contributed by atoms with van der Waals surface area (Å²) in [5.41, 5.74) is 7.53. The molecule has 0 fully saturated rings. The largest absolute Gasteiger partial charge is 0.399 e. The van der Waals surface area contributed by atoms with Gasteiger partial charge in [-0.05, 0) is 32.4 Å². The highest BCUT2D eigenvalue weighted by Gasteiger charge is 2.44. The Kier molecular flexibility index (Phi) is 3.19. The third kappa shape index (κ3) is 2.39. The first-order valence-electron chi connectivity index (χ1n) is 5.74. The normalized spacial score (nSPS) is 23.2. The van der Waals surface area contributed by atoms with E-state index in [0.29, 0.717) is 17.1 Å². The summed E-state index contributed by atoms with van der Waals surface area (Å²) in [5, 5.41) is 5.39. The van der Waals surface area contributed by atoms with Crippen LogP contribution >= 0.6 is 0 Å². The first-order valence-corrected chi connectivity index (χ1v) is 7.29. The summed E-state index contributed by atoms with van der Waals surface area (Å²) in [5.74, 6) is 0.188. The molecule has 1 atom stereocenters. The van der Waals surface area contributed by atoms with Crippen molar-refractivity contribution in [2.24, 2.45) is 10.9 Å². The molecular weight excluding hydrogens is 264 g/mol. The Morgan fingerprint density at radius 2 is 1.84 bits per heavy atom. The van der Waals surface area contributed by atoms with Crippen molar-refractivity contribution < 1.29 is 8.42 Å². The number of aryl methyl sites for hydroxylation is 2.